The second-order valence-electron chi connectivity index (χ2n) is 7.55. The van der Waals surface area contributed by atoms with E-state index < -0.39 is 11.7 Å². The van der Waals surface area contributed by atoms with Crippen molar-refractivity contribution >= 4 is 11.7 Å². The summed E-state index contributed by atoms with van der Waals surface area (Å²) in [6.07, 6.45) is 3.57. The zero-order chi connectivity index (χ0) is 21.1. The Labute approximate surface area is 175 Å². The number of carbonyl (C=O) groups is 2. The van der Waals surface area contributed by atoms with Crippen LogP contribution in [0.4, 0.5) is 0 Å². The van der Waals surface area contributed by atoms with Crippen LogP contribution in [0, 0.1) is 13.8 Å². The minimum absolute atomic E-state index is 0.406. The van der Waals surface area contributed by atoms with Gasteiger partial charge in [-0.3, -0.25) is 19.5 Å². The molecule has 154 valence electrons. The number of hydrogen-bond acceptors (Lipinski definition) is 5. The quantitative estimate of drug-likeness (QED) is 0.483. The number of aryl methyl sites for hydroxylation is 1. The first-order valence-electron chi connectivity index (χ1n) is 10.1. The van der Waals surface area contributed by atoms with Gasteiger partial charge < -0.3 is 4.90 Å². The van der Waals surface area contributed by atoms with Gasteiger partial charge >= 0.3 is 0 Å². The molecular formula is C23H25N5O2. The number of hydrogen-bond donors (Lipinski definition) is 0. The smallest absolute Gasteiger partial charge is 0.295 e. The topological polar surface area (TPSA) is 71.3 Å². The summed E-state index contributed by atoms with van der Waals surface area (Å²) >= 11 is 0. The van der Waals surface area contributed by atoms with Crippen LogP contribution >= 0.6 is 0 Å². The predicted molar refractivity (Wildman–Crippen MR) is 113 cm³/mol. The van der Waals surface area contributed by atoms with E-state index >= 15 is 0 Å². The molecule has 1 fully saturated rings. The van der Waals surface area contributed by atoms with Crippen LogP contribution in [-0.2, 0) is 11.3 Å². The number of Topliss-reactive ketones (excluding diaryl/α,β-unsaturated/α-hetero) is 1. The van der Waals surface area contributed by atoms with Crippen LogP contribution in [0.1, 0.15) is 27.3 Å². The summed E-state index contributed by atoms with van der Waals surface area (Å²) < 4.78 is 1.72. The fourth-order valence-corrected chi connectivity index (χ4v) is 3.90. The van der Waals surface area contributed by atoms with Crippen molar-refractivity contribution in [2.24, 2.45) is 0 Å². The molecule has 30 heavy (non-hydrogen) atoms. The molecule has 1 amide bonds. The lowest BCUT2D eigenvalue weighted by molar-refractivity contribution is -0.128. The molecule has 4 rings (SSSR count). The van der Waals surface area contributed by atoms with Gasteiger partial charge in [0.2, 0.25) is 0 Å². The summed E-state index contributed by atoms with van der Waals surface area (Å²) in [7, 11) is 0. The Kier molecular flexibility index (Phi) is 5.72. The van der Waals surface area contributed by atoms with Crippen LogP contribution in [0.3, 0.4) is 0 Å². The molecule has 1 aliphatic heterocycles. The van der Waals surface area contributed by atoms with Crippen molar-refractivity contribution in [1.29, 1.82) is 0 Å². The monoisotopic (exact) mass is 403 g/mol. The van der Waals surface area contributed by atoms with E-state index in [0.717, 1.165) is 25.3 Å². The molecule has 0 N–H and O–H groups in total. The van der Waals surface area contributed by atoms with Crippen molar-refractivity contribution in [3.63, 3.8) is 0 Å². The van der Waals surface area contributed by atoms with Gasteiger partial charge in [0, 0.05) is 45.1 Å². The highest BCUT2D eigenvalue weighted by atomic mass is 16.2. The maximum Gasteiger partial charge on any atom is 0.295 e. The number of pyridine rings is 1. The Morgan fingerprint density at radius 2 is 1.60 bits per heavy atom. The number of aromatic nitrogens is 3. The highest BCUT2D eigenvalue weighted by Gasteiger charge is 2.30. The molecule has 0 aliphatic carbocycles. The van der Waals surface area contributed by atoms with Gasteiger partial charge in [0.25, 0.3) is 11.7 Å². The summed E-state index contributed by atoms with van der Waals surface area (Å²) in [6, 6.07) is 13.6. The van der Waals surface area contributed by atoms with E-state index in [4.69, 9.17) is 0 Å². The third-order valence-electron chi connectivity index (χ3n) is 5.53. The van der Waals surface area contributed by atoms with Crippen LogP contribution in [0.25, 0.3) is 5.69 Å². The molecule has 7 heteroatoms. The highest BCUT2D eigenvalue weighted by molar-refractivity contribution is 6.43. The van der Waals surface area contributed by atoms with E-state index in [9.17, 15) is 9.59 Å². The van der Waals surface area contributed by atoms with Crippen molar-refractivity contribution in [1.82, 2.24) is 24.6 Å². The average Bonchev–Trinajstić information content (AvgIpc) is 3.08. The lowest BCUT2D eigenvalue weighted by Crippen LogP contribution is -2.50. The third-order valence-corrected chi connectivity index (χ3v) is 5.53. The van der Waals surface area contributed by atoms with Crippen molar-refractivity contribution in [3.8, 4) is 5.69 Å². The van der Waals surface area contributed by atoms with E-state index in [-0.39, 0.29) is 0 Å². The molecule has 1 aliphatic rings. The fraction of sp³-hybridized carbons (Fsp3) is 0.304. The Morgan fingerprint density at radius 1 is 0.933 bits per heavy atom. The molecule has 1 aromatic carbocycles. The number of para-hydroxylation sites is 1. The summed E-state index contributed by atoms with van der Waals surface area (Å²) in [5.41, 5.74) is 3.73. The van der Waals surface area contributed by atoms with E-state index in [0.29, 0.717) is 30.0 Å². The molecule has 3 aromatic rings. The number of nitrogens with zero attached hydrogens (tertiary/aromatic N) is 5. The summed E-state index contributed by atoms with van der Waals surface area (Å²) in [6.45, 7) is 6.99. The van der Waals surface area contributed by atoms with Crippen LogP contribution in [0.5, 0.6) is 0 Å². The average molecular weight is 403 g/mol. The molecule has 7 nitrogen and oxygen atoms in total. The molecule has 0 bridgehead atoms. The van der Waals surface area contributed by atoms with Crippen LogP contribution in [0.15, 0.2) is 54.9 Å². The molecular weight excluding hydrogens is 378 g/mol. The lowest BCUT2D eigenvalue weighted by Gasteiger charge is -2.34. The molecule has 0 radical (unpaired) electrons. The minimum Gasteiger partial charge on any atom is -0.333 e. The molecule has 0 atom stereocenters. The van der Waals surface area contributed by atoms with Crippen molar-refractivity contribution < 1.29 is 9.59 Å². The van der Waals surface area contributed by atoms with Crippen molar-refractivity contribution in [2.75, 3.05) is 26.2 Å². The molecule has 2 aromatic heterocycles. The van der Waals surface area contributed by atoms with Crippen LogP contribution in [-0.4, -0.2) is 62.4 Å². The molecule has 1 saturated heterocycles. The molecule has 0 unspecified atom stereocenters. The Bertz CT molecular complexity index is 1040. The second-order valence-corrected chi connectivity index (χ2v) is 7.55. The van der Waals surface area contributed by atoms with E-state index in [1.165, 1.54) is 5.56 Å². The van der Waals surface area contributed by atoms with Crippen LogP contribution < -0.4 is 0 Å². The highest BCUT2D eigenvalue weighted by Crippen LogP contribution is 2.19. The second kappa shape index (κ2) is 8.59. The predicted octanol–water partition coefficient (Wildman–Crippen LogP) is 2.41. The zero-order valence-electron chi connectivity index (χ0n) is 17.3. The lowest BCUT2D eigenvalue weighted by atomic mass is 10.1. The molecule has 3 heterocycles. The van der Waals surface area contributed by atoms with Gasteiger partial charge in [0.1, 0.15) is 0 Å². The summed E-state index contributed by atoms with van der Waals surface area (Å²) in [5.74, 6) is -0.924. The van der Waals surface area contributed by atoms with Gasteiger partial charge in [0.15, 0.2) is 0 Å². The first-order valence-corrected chi connectivity index (χ1v) is 10.1. The minimum atomic E-state index is -0.477. The Morgan fingerprint density at radius 3 is 2.27 bits per heavy atom. The Balaban J connectivity index is 1.43. The Hall–Kier alpha value is -3.32. The maximum absolute atomic E-state index is 13.0. The van der Waals surface area contributed by atoms with Crippen LogP contribution in [0.2, 0.25) is 0 Å². The molecule has 0 saturated carbocycles. The van der Waals surface area contributed by atoms with Gasteiger partial charge in [0.05, 0.1) is 22.6 Å². The number of amides is 1. The third kappa shape index (κ3) is 4.02. The first-order chi connectivity index (χ1) is 14.5. The van der Waals surface area contributed by atoms with Gasteiger partial charge in [-0.2, -0.15) is 5.10 Å². The number of rotatable bonds is 5. The SMILES string of the molecule is Cc1nn(-c2ccccc2)c(C)c1C(=O)C(=O)N1CCN(Cc2ccncc2)CC1. The van der Waals surface area contributed by atoms with Crippen molar-refractivity contribution in [2.45, 2.75) is 20.4 Å². The largest absolute Gasteiger partial charge is 0.333 e. The first kappa shape index (κ1) is 20.0. The zero-order valence-corrected chi connectivity index (χ0v) is 17.3. The summed E-state index contributed by atoms with van der Waals surface area (Å²) in [5, 5.41) is 4.50. The van der Waals surface area contributed by atoms with E-state index in [1.54, 1.807) is 28.9 Å². The van der Waals surface area contributed by atoms with E-state index in [1.807, 2.05) is 49.4 Å². The van der Waals surface area contributed by atoms with E-state index in [2.05, 4.69) is 15.0 Å². The normalized spacial score (nSPS) is 14.7. The maximum atomic E-state index is 13.0. The standard InChI is InChI=1S/C23H25N5O2/c1-17-21(18(2)28(25-17)20-6-4-3-5-7-20)22(29)23(30)27-14-12-26(13-15-27)16-19-8-10-24-11-9-19/h3-11H,12-16H2,1-2H3. The van der Waals surface area contributed by atoms with Crippen molar-refractivity contribution in [3.05, 3.63) is 77.4 Å². The van der Waals surface area contributed by atoms with Gasteiger partial charge in [-0.25, -0.2) is 4.68 Å². The number of piperazine rings is 1. The van der Waals surface area contributed by atoms with Gasteiger partial charge in [-0.1, -0.05) is 18.2 Å². The fourth-order valence-electron chi connectivity index (χ4n) is 3.90. The van der Waals surface area contributed by atoms with Gasteiger partial charge in [-0.05, 0) is 43.7 Å². The summed E-state index contributed by atoms with van der Waals surface area (Å²) in [4.78, 5) is 33.9. The number of carbonyl (C=O) groups excluding carboxylic acids is 2. The number of benzene rings is 1. The molecule has 0 spiro atoms. The number of ketones is 1. The van der Waals surface area contributed by atoms with Gasteiger partial charge in [-0.15, -0.1) is 0 Å².